The number of carbonyl (C=O) groups excluding carboxylic acids is 2. The molecule has 7 nitrogen and oxygen atoms in total. The van der Waals surface area contributed by atoms with Gasteiger partial charge in [0.25, 0.3) is 0 Å². The molecule has 1 saturated heterocycles. The normalized spacial score (nSPS) is 15.3. The first-order valence-corrected chi connectivity index (χ1v) is 12.4. The SMILES string of the molecule is COc1ccccc1C(=O)COC(=O)C1CCN(S(=O)(=O)c2c(C)c(C)cc(C)c2C)CC1. The Morgan fingerprint density at radius 1 is 1.00 bits per heavy atom. The Labute approximate surface area is 195 Å². The third kappa shape index (κ3) is 5.12. The van der Waals surface area contributed by atoms with Crippen LogP contribution in [0.3, 0.4) is 0 Å². The third-order valence-corrected chi connectivity index (χ3v) is 8.61. The van der Waals surface area contributed by atoms with Crippen LogP contribution < -0.4 is 4.74 Å². The zero-order valence-electron chi connectivity index (χ0n) is 19.8. The van der Waals surface area contributed by atoms with Crippen molar-refractivity contribution < 1.29 is 27.5 Å². The number of nitrogens with zero attached hydrogens (tertiary/aromatic N) is 1. The highest BCUT2D eigenvalue weighted by Gasteiger charge is 2.35. The van der Waals surface area contributed by atoms with E-state index in [1.807, 2.05) is 33.8 Å². The Kier molecular flexibility index (Phi) is 7.59. The monoisotopic (exact) mass is 473 g/mol. The molecule has 2 aromatic carbocycles. The summed E-state index contributed by atoms with van der Waals surface area (Å²) in [7, 11) is -2.20. The number of aryl methyl sites for hydroxylation is 2. The molecule has 1 heterocycles. The number of para-hydroxylation sites is 1. The van der Waals surface area contributed by atoms with Crippen LogP contribution in [0.15, 0.2) is 35.2 Å². The predicted molar refractivity (Wildman–Crippen MR) is 125 cm³/mol. The van der Waals surface area contributed by atoms with Gasteiger partial charge >= 0.3 is 5.97 Å². The van der Waals surface area contributed by atoms with Crippen molar-refractivity contribution in [2.45, 2.75) is 45.4 Å². The summed E-state index contributed by atoms with van der Waals surface area (Å²) in [6, 6.07) is 8.76. The van der Waals surface area contributed by atoms with Gasteiger partial charge in [-0.15, -0.1) is 0 Å². The van der Waals surface area contributed by atoms with Gasteiger partial charge in [-0.3, -0.25) is 9.59 Å². The van der Waals surface area contributed by atoms with Gasteiger partial charge in [-0.25, -0.2) is 8.42 Å². The number of Topliss-reactive ketones (excluding diaryl/α,β-unsaturated/α-hetero) is 1. The number of rotatable bonds is 7. The summed E-state index contributed by atoms with van der Waals surface area (Å²) in [5.74, 6) is -0.840. The smallest absolute Gasteiger partial charge is 0.309 e. The van der Waals surface area contributed by atoms with E-state index in [9.17, 15) is 18.0 Å². The van der Waals surface area contributed by atoms with E-state index in [0.29, 0.717) is 29.1 Å². The molecule has 8 heteroatoms. The Morgan fingerprint density at radius 2 is 1.58 bits per heavy atom. The minimum Gasteiger partial charge on any atom is -0.496 e. The minimum absolute atomic E-state index is 0.231. The van der Waals surface area contributed by atoms with Gasteiger partial charge in [-0.2, -0.15) is 4.31 Å². The van der Waals surface area contributed by atoms with E-state index in [0.717, 1.165) is 22.3 Å². The molecule has 0 aliphatic carbocycles. The fourth-order valence-corrected chi connectivity index (χ4v) is 6.28. The number of carbonyl (C=O) groups is 2. The maximum atomic E-state index is 13.4. The molecule has 0 unspecified atom stereocenters. The number of methoxy groups -OCH3 is 1. The number of hydrogen-bond donors (Lipinski definition) is 0. The van der Waals surface area contributed by atoms with Crippen LogP contribution in [0, 0.1) is 33.6 Å². The van der Waals surface area contributed by atoms with Gasteiger partial charge in [0, 0.05) is 13.1 Å². The quantitative estimate of drug-likeness (QED) is 0.449. The molecule has 0 bridgehead atoms. The van der Waals surface area contributed by atoms with Crippen LogP contribution in [0.2, 0.25) is 0 Å². The summed E-state index contributed by atoms with van der Waals surface area (Å²) in [5.41, 5.74) is 3.75. The van der Waals surface area contributed by atoms with Crippen LogP contribution >= 0.6 is 0 Å². The van der Waals surface area contributed by atoms with E-state index in [-0.39, 0.29) is 25.5 Å². The molecule has 0 aromatic heterocycles. The molecule has 1 fully saturated rings. The van der Waals surface area contributed by atoms with Crippen LogP contribution in [0.1, 0.15) is 45.5 Å². The molecule has 33 heavy (non-hydrogen) atoms. The number of benzene rings is 2. The maximum absolute atomic E-state index is 13.4. The van der Waals surface area contributed by atoms with Crippen LogP contribution in [0.25, 0.3) is 0 Å². The Bertz CT molecular complexity index is 1140. The topological polar surface area (TPSA) is 90.0 Å². The van der Waals surface area contributed by atoms with Gasteiger partial charge in [0.05, 0.1) is 23.5 Å². The van der Waals surface area contributed by atoms with Gasteiger partial charge in [-0.1, -0.05) is 18.2 Å². The first-order valence-electron chi connectivity index (χ1n) is 11.0. The highest BCUT2D eigenvalue weighted by Crippen LogP contribution is 2.31. The van der Waals surface area contributed by atoms with Gasteiger partial charge in [0.15, 0.2) is 6.61 Å². The van der Waals surface area contributed by atoms with E-state index < -0.39 is 21.9 Å². The Hall–Kier alpha value is -2.71. The molecule has 0 spiro atoms. The van der Waals surface area contributed by atoms with Crippen molar-refractivity contribution in [3.63, 3.8) is 0 Å². The molecule has 0 saturated carbocycles. The molecular weight excluding hydrogens is 442 g/mol. The van der Waals surface area contributed by atoms with Gasteiger partial charge in [0.1, 0.15) is 5.75 Å². The van der Waals surface area contributed by atoms with E-state index in [2.05, 4.69) is 0 Å². The summed E-state index contributed by atoms with van der Waals surface area (Å²) in [5, 5.41) is 0. The lowest BCUT2D eigenvalue weighted by molar-refractivity contribution is -0.148. The predicted octanol–water partition coefficient (Wildman–Crippen LogP) is 3.76. The van der Waals surface area contributed by atoms with E-state index in [1.165, 1.54) is 11.4 Å². The molecular formula is C25H31NO6S. The van der Waals surface area contributed by atoms with Gasteiger partial charge in [0.2, 0.25) is 15.8 Å². The standard InChI is InChI=1S/C25H31NO6S/c1-16-14-17(2)19(4)24(18(16)3)33(29,30)26-12-10-20(11-13-26)25(28)32-15-22(27)21-8-6-7-9-23(21)31-5/h6-9,14,20H,10-13,15H2,1-5H3. The highest BCUT2D eigenvalue weighted by atomic mass is 32.2. The fraction of sp³-hybridized carbons (Fsp3) is 0.440. The highest BCUT2D eigenvalue weighted by molar-refractivity contribution is 7.89. The number of sulfonamides is 1. The molecule has 0 amide bonds. The fourth-order valence-electron chi connectivity index (χ4n) is 4.24. The number of ether oxygens (including phenoxy) is 2. The van der Waals surface area contributed by atoms with Crippen LogP contribution in [0.4, 0.5) is 0 Å². The van der Waals surface area contributed by atoms with Gasteiger partial charge < -0.3 is 9.47 Å². The lowest BCUT2D eigenvalue weighted by atomic mass is 9.98. The average Bonchev–Trinajstić information content (AvgIpc) is 2.81. The molecule has 1 aliphatic heterocycles. The minimum atomic E-state index is -3.67. The van der Waals surface area contributed by atoms with Gasteiger partial charge in [-0.05, 0) is 74.9 Å². The second-order valence-corrected chi connectivity index (χ2v) is 10.4. The first-order chi connectivity index (χ1) is 15.6. The zero-order chi connectivity index (χ0) is 24.3. The second-order valence-electron chi connectivity index (χ2n) is 8.50. The maximum Gasteiger partial charge on any atom is 0.309 e. The third-order valence-electron chi connectivity index (χ3n) is 6.44. The molecule has 0 N–H and O–H groups in total. The van der Waals surface area contributed by atoms with Crippen LogP contribution in [-0.4, -0.2) is 51.3 Å². The number of ketones is 1. The largest absolute Gasteiger partial charge is 0.496 e. The van der Waals surface area contributed by atoms with Crippen molar-refractivity contribution in [3.8, 4) is 5.75 Å². The molecule has 178 valence electrons. The van der Waals surface area contributed by atoms with E-state index >= 15 is 0 Å². The molecule has 3 rings (SSSR count). The molecule has 1 aliphatic rings. The van der Waals surface area contributed by atoms with Crippen molar-refractivity contribution in [1.82, 2.24) is 4.31 Å². The second kappa shape index (κ2) is 10.1. The van der Waals surface area contributed by atoms with Crippen molar-refractivity contribution in [3.05, 3.63) is 58.1 Å². The zero-order valence-corrected chi connectivity index (χ0v) is 20.6. The summed E-state index contributed by atoms with van der Waals surface area (Å²) in [4.78, 5) is 25.3. The van der Waals surface area contributed by atoms with Crippen molar-refractivity contribution in [2.75, 3.05) is 26.8 Å². The number of hydrogen-bond acceptors (Lipinski definition) is 6. The average molecular weight is 474 g/mol. The summed E-state index contributed by atoms with van der Waals surface area (Å²) < 4.78 is 38.7. The van der Waals surface area contributed by atoms with Crippen LogP contribution in [-0.2, 0) is 19.6 Å². The first kappa shape index (κ1) is 24.9. The lowest BCUT2D eigenvalue weighted by Crippen LogP contribution is -2.41. The Balaban J connectivity index is 1.63. The van der Waals surface area contributed by atoms with E-state index in [4.69, 9.17) is 9.47 Å². The van der Waals surface area contributed by atoms with Crippen molar-refractivity contribution in [1.29, 1.82) is 0 Å². The van der Waals surface area contributed by atoms with E-state index in [1.54, 1.807) is 24.3 Å². The Morgan fingerprint density at radius 3 is 2.15 bits per heavy atom. The molecule has 0 atom stereocenters. The number of esters is 1. The number of piperidine rings is 1. The molecule has 0 radical (unpaired) electrons. The summed E-state index contributed by atoms with van der Waals surface area (Å²) >= 11 is 0. The van der Waals surface area contributed by atoms with Crippen molar-refractivity contribution in [2.24, 2.45) is 5.92 Å². The van der Waals surface area contributed by atoms with Crippen LogP contribution in [0.5, 0.6) is 5.75 Å². The molecule has 2 aromatic rings. The summed E-state index contributed by atoms with van der Waals surface area (Å²) in [6.45, 7) is 7.57. The lowest BCUT2D eigenvalue weighted by Gasteiger charge is -2.31. The van der Waals surface area contributed by atoms with Crippen molar-refractivity contribution >= 4 is 21.8 Å². The summed E-state index contributed by atoms with van der Waals surface area (Å²) in [6.07, 6.45) is 0.702.